The molecule has 0 aromatic heterocycles. The van der Waals surface area contributed by atoms with Gasteiger partial charge in [-0.2, -0.15) is 0 Å². The summed E-state index contributed by atoms with van der Waals surface area (Å²) in [5.41, 5.74) is 0. The molecule has 3 fully saturated rings. The van der Waals surface area contributed by atoms with E-state index in [1.54, 1.807) is 0 Å². The van der Waals surface area contributed by atoms with Crippen molar-refractivity contribution in [3.05, 3.63) is 12.2 Å². The molecular formula is C27H47FO. The summed E-state index contributed by atoms with van der Waals surface area (Å²) in [4.78, 5) is 0. The van der Waals surface area contributed by atoms with E-state index >= 15 is 0 Å². The third kappa shape index (κ3) is 7.37. The summed E-state index contributed by atoms with van der Waals surface area (Å²) in [6.07, 6.45) is 23.7. The van der Waals surface area contributed by atoms with E-state index in [0.29, 0.717) is 12.8 Å². The number of halogens is 1. The highest BCUT2D eigenvalue weighted by molar-refractivity contribution is 4.93. The first-order valence-corrected chi connectivity index (χ1v) is 13.0. The zero-order valence-electron chi connectivity index (χ0n) is 19.3. The van der Waals surface area contributed by atoms with Crippen LogP contribution < -0.4 is 0 Å². The van der Waals surface area contributed by atoms with Gasteiger partial charge in [0.05, 0.1) is 0 Å². The third-order valence-corrected chi connectivity index (χ3v) is 8.76. The Morgan fingerprint density at radius 1 is 0.793 bits per heavy atom. The maximum absolute atomic E-state index is 13.3. The van der Waals surface area contributed by atoms with Gasteiger partial charge in [-0.1, -0.05) is 19.1 Å². The average molecular weight is 407 g/mol. The van der Waals surface area contributed by atoms with Crippen LogP contribution in [0.5, 0.6) is 0 Å². The molecule has 3 saturated carbocycles. The highest BCUT2D eigenvalue weighted by atomic mass is 19.1. The molecule has 0 amide bonds. The number of methoxy groups -OCH3 is 1. The van der Waals surface area contributed by atoms with Crippen LogP contribution in [0.4, 0.5) is 4.39 Å². The monoisotopic (exact) mass is 406 g/mol. The molecule has 1 nitrogen and oxygen atoms in total. The lowest BCUT2D eigenvalue weighted by Gasteiger charge is -2.41. The SMILES string of the molecule is CCC(F)CCC=CC1CCC(C2CCC(C3CCC(COC)CC3)CC2)CC1. The standard InChI is InChI=1S/C27H47FO/c1-3-27(28)7-5-4-6-21-8-12-23(13-9-21)25-16-18-26(19-17-25)24-14-10-22(11-15-24)20-29-2/h4,6,21-27H,3,5,7-20H2,1-2H3. The number of ether oxygens (including phenoxy) is 1. The summed E-state index contributed by atoms with van der Waals surface area (Å²) in [6.45, 7) is 2.92. The fourth-order valence-corrected chi connectivity index (χ4v) is 6.73. The molecule has 1 unspecified atom stereocenters. The predicted molar refractivity (Wildman–Crippen MR) is 122 cm³/mol. The third-order valence-electron chi connectivity index (χ3n) is 8.76. The summed E-state index contributed by atoms with van der Waals surface area (Å²) in [5, 5.41) is 0. The average Bonchev–Trinajstić information content (AvgIpc) is 2.78. The normalized spacial score (nSPS) is 37.6. The minimum Gasteiger partial charge on any atom is -0.384 e. The zero-order chi connectivity index (χ0) is 20.5. The Kier molecular flexibility index (Phi) is 10.0. The zero-order valence-corrected chi connectivity index (χ0v) is 19.3. The molecule has 3 aliphatic rings. The van der Waals surface area contributed by atoms with Gasteiger partial charge in [0, 0.05) is 13.7 Å². The Labute approximate surface area is 180 Å². The van der Waals surface area contributed by atoms with Gasteiger partial charge in [-0.3, -0.25) is 0 Å². The van der Waals surface area contributed by atoms with E-state index in [2.05, 4.69) is 12.2 Å². The summed E-state index contributed by atoms with van der Waals surface area (Å²) in [7, 11) is 1.85. The Morgan fingerprint density at radius 3 is 1.76 bits per heavy atom. The maximum Gasteiger partial charge on any atom is 0.100 e. The first-order chi connectivity index (χ1) is 14.2. The van der Waals surface area contributed by atoms with Crippen LogP contribution in [0.25, 0.3) is 0 Å². The summed E-state index contributed by atoms with van der Waals surface area (Å²) in [5.74, 6) is 5.65. The van der Waals surface area contributed by atoms with Gasteiger partial charge >= 0.3 is 0 Å². The van der Waals surface area contributed by atoms with Gasteiger partial charge in [0.15, 0.2) is 0 Å². The summed E-state index contributed by atoms with van der Waals surface area (Å²) in [6, 6.07) is 0. The number of rotatable bonds is 9. The Bertz CT molecular complexity index is 451. The molecule has 0 aliphatic heterocycles. The first-order valence-electron chi connectivity index (χ1n) is 13.0. The number of hydrogen-bond acceptors (Lipinski definition) is 1. The van der Waals surface area contributed by atoms with Crippen molar-refractivity contribution in [2.24, 2.45) is 35.5 Å². The molecule has 2 heteroatoms. The van der Waals surface area contributed by atoms with E-state index < -0.39 is 6.17 Å². The quantitative estimate of drug-likeness (QED) is 0.351. The lowest BCUT2D eigenvalue weighted by atomic mass is 9.65. The molecule has 0 spiro atoms. The van der Waals surface area contributed by atoms with Crippen molar-refractivity contribution < 1.29 is 9.13 Å². The Balaban J connectivity index is 1.30. The van der Waals surface area contributed by atoms with Crippen molar-refractivity contribution in [1.29, 1.82) is 0 Å². The van der Waals surface area contributed by atoms with E-state index in [1.807, 2.05) is 14.0 Å². The summed E-state index contributed by atoms with van der Waals surface area (Å²) < 4.78 is 18.7. The minimum atomic E-state index is -0.606. The van der Waals surface area contributed by atoms with Crippen LogP contribution in [0.1, 0.15) is 103 Å². The number of allylic oxidation sites excluding steroid dienone is 2. The molecule has 0 saturated heterocycles. The minimum absolute atomic E-state index is 0.606. The molecule has 0 aromatic rings. The van der Waals surface area contributed by atoms with Gasteiger partial charge in [0.25, 0.3) is 0 Å². The molecular weight excluding hydrogens is 359 g/mol. The largest absolute Gasteiger partial charge is 0.384 e. The van der Waals surface area contributed by atoms with Crippen molar-refractivity contribution in [3.8, 4) is 0 Å². The lowest BCUT2D eigenvalue weighted by molar-refractivity contribution is 0.0820. The molecule has 0 heterocycles. The molecule has 3 rings (SSSR count). The van der Waals surface area contributed by atoms with Gasteiger partial charge in [0.1, 0.15) is 6.17 Å². The fraction of sp³-hybridized carbons (Fsp3) is 0.926. The second kappa shape index (κ2) is 12.5. The van der Waals surface area contributed by atoms with Crippen molar-refractivity contribution in [2.75, 3.05) is 13.7 Å². The fourth-order valence-electron chi connectivity index (χ4n) is 6.73. The van der Waals surface area contributed by atoms with E-state index in [-0.39, 0.29) is 0 Å². The van der Waals surface area contributed by atoms with Gasteiger partial charge in [-0.05, 0) is 132 Å². The van der Waals surface area contributed by atoms with Crippen molar-refractivity contribution in [1.82, 2.24) is 0 Å². The smallest absolute Gasteiger partial charge is 0.100 e. The molecule has 0 N–H and O–H groups in total. The van der Waals surface area contributed by atoms with E-state index in [4.69, 9.17) is 4.74 Å². The molecule has 29 heavy (non-hydrogen) atoms. The van der Waals surface area contributed by atoms with E-state index in [9.17, 15) is 4.39 Å². The number of hydrogen-bond donors (Lipinski definition) is 0. The van der Waals surface area contributed by atoms with Crippen LogP contribution in [0.3, 0.4) is 0 Å². The Hall–Kier alpha value is -0.370. The van der Waals surface area contributed by atoms with Crippen molar-refractivity contribution >= 4 is 0 Å². The van der Waals surface area contributed by atoms with E-state index in [0.717, 1.165) is 48.5 Å². The molecule has 0 aromatic carbocycles. The lowest BCUT2D eigenvalue weighted by Crippen LogP contribution is -2.30. The van der Waals surface area contributed by atoms with E-state index in [1.165, 1.54) is 77.0 Å². The molecule has 168 valence electrons. The topological polar surface area (TPSA) is 9.23 Å². The van der Waals surface area contributed by atoms with Gasteiger partial charge in [0.2, 0.25) is 0 Å². The van der Waals surface area contributed by atoms with Gasteiger partial charge in [-0.25, -0.2) is 4.39 Å². The second-order valence-electron chi connectivity index (χ2n) is 10.6. The van der Waals surface area contributed by atoms with Crippen LogP contribution in [-0.2, 0) is 4.74 Å². The van der Waals surface area contributed by atoms with Gasteiger partial charge < -0.3 is 4.74 Å². The van der Waals surface area contributed by atoms with Crippen molar-refractivity contribution in [2.45, 2.75) is 109 Å². The Morgan fingerprint density at radius 2 is 1.28 bits per heavy atom. The highest BCUT2D eigenvalue weighted by Crippen LogP contribution is 2.46. The summed E-state index contributed by atoms with van der Waals surface area (Å²) >= 11 is 0. The maximum atomic E-state index is 13.3. The predicted octanol–water partition coefficient (Wildman–Crippen LogP) is 8.14. The van der Waals surface area contributed by atoms with Crippen LogP contribution in [-0.4, -0.2) is 19.9 Å². The molecule has 3 aliphatic carbocycles. The first kappa shape index (κ1) is 23.3. The number of alkyl halides is 1. The van der Waals surface area contributed by atoms with Crippen LogP contribution >= 0.6 is 0 Å². The second-order valence-corrected chi connectivity index (χ2v) is 10.6. The van der Waals surface area contributed by atoms with Crippen LogP contribution in [0, 0.1) is 35.5 Å². The van der Waals surface area contributed by atoms with Crippen LogP contribution in [0.2, 0.25) is 0 Å². The molecule has 0 bridgehead atoms. The van der Waals surface area contributed by atoms with Crippen molar-refractivity contribution in [3.63, 3.8) is 0 Å². The van der Waals surface area contributed by atoms with Gasteiger partial charge in [-0.15, -0.1) is 0 Å². The molecule has 0 radical (unpaired) electrons. The molecule has 1 atom stereocenters. The highest BCUT2D eigenvalue weighted by Gasteiger charge is 2.34. The van der Waals surface area contributed by atoms with Crippen LogP contribution in [0.15, 0.2) is 12.2 Å².